The van der Waals surface area contributed by atoms with Crippen LogP contribution in [-0.4, -0.2) is 36.4 Å². The fourth-order valence-electron chi connectivity index (χ4n) is 2.53. The zero-order chi connectivity index (χ0) is 19.9. The summed E-state index contributed by atoms with van der Waals surface area (Å²) < 4.78 is 16.3. The number of anilines is 1. The SMILES string of the molecule is CCC(Oc1ccccc1)C(=O)Nc1nnc(-c2ccc(OC)c(OC)c2)s1. The zero-order valence-electron chi connectivity index (χ0n) is 15.8. The van der Waals surface area contributed by atoms with E-state index in [0.29, 0.717) is 33.8 Å². The Labute approximate surface area is 167 Å². The molecule has 1 aromatic heterocycles. The molecule has 7 nitrogen and oxygen atoms in total. The van der Waals surface area contributed by atoms with E-state index in [0.717, 1.165) is 5.56 Å². The molecule has 0 saturated heterocycles. The molecule has 146 valence electrons. The molecular weight excluding hydrogens is 378 g/mol. The summed E-state index contributed by atoms with van der Waals surface area (Å²) in [6.07, 6.45) is -0.0851. The number of nitrogens with zero attached hydrogens (tertiary/aromatic N) is 2. The summed E-state index contributed by atoms with van der Waals surface area (Å²) in [4.78, 5) is 12.5. The summed E-state index contributed by atoms with van der Waals surface area (Å²) in [5, 5.41) is 12.1. The van der Waals surface area contributed by atoms with Gasteiger partial charge in [-0.25, -0.2) is 0 Å². The molecular formula is C20H21N3O4S. The van der Waals surface area contributed by atoms with Crippen LogP contribution in [-0.2, 0) is 4.79 Å². The predicted molar refractivity (Wildman–Crippen MR) is 108 cm³/mol. The number of para-hydroxylation sites is 1. The summed E-state index contributed by atoms with van der Waals surface area (Å²) in [6, 6.07) is 14.7. The molecule has 3 rings (SSSR count). The van der Waals surface area contributed by atoms with Gasteiger partial charge < -0.3 is 14.2 Å². The molecule has 1 heterocycles. The van der Waals surface area contributed by atoms with Crippen LogP contribution in [0.5, 0.6) is 17.2 Å². The number of carbonyl (C=O) groups excluding carboxylic acids is 1. The lowest BCUT2D eigenvalue weighted by molar-refractivity contribution is -0.122. The number of ether oxygens (including phenoxy) is 3. The van der Waals surface area contributed by atoms with Gasteiger partial charge in [-0.2, -0.15) is 0 Å². The van der Waals surface area contributed by atoms with Crippen LogP contribution in [0.4, 0.5) is 5.13 Å². The maximum atomic E-state index is 12.5. The first-order chi connectivity index (χ1) is 13.6. The van der Waals surface area contributed by atoms with Crippen molar-refractivity contribution in [3.63, 3.8) is 0 Å². The molecule has 28 heavy (non-hydrogen) atoms. The minimum Gasteiger partial charge on any atom is -0.493 e. The van der Waals surface area contributed by atoms with Gasteiger partial charge in [0.1, 0.15) is 10.8 Å². The van der Waals surface area contributed by atoms with Crippen molar-refractivity contribution in [3.8, 4) is 27.8 Å². The van der Waals surface area contributed by atoms with Gasteiger partial charge in [-0.15, -0.1) is 10.2 Å². The third-order valence-electron chi connectivity index (χ3n) is 3.97. The van der Waals surface area contributed by atoms with Gasteiger partial charge in [0, 0.05) is 5.56 Å². The van der Waals surface area contributed by atoms with Gasteiger partial charge in [0.15, 0.2) is 17.6 Å². The van der Waals surface area contributed by atoms with E-state index in [2.05, 4.69) is 15.5 Å². The fraction of sp³-hybridized carbons (Fsp3) is 0.250. The first-order valence-electron chi connectivity index (χ1n) is 8.73. The van der Waals surface area contributed by atoms with Crippen molar-refractivity contribution in [2.24, 2.45) is 0 Å². The second-order valence-corrected chi connectivity index (χ2v) is 6.78. The van der Waals surface area contributed by atoms with Crippen LogP contribution >= 0.6 is 11.3 Å². The number of methoxy groups -OCH3 is 2. The zero-order valence-corrected chi connectivity index (χ0v) is 16.7. The van der Waals surface area contributed by atoms with Gasteiger partial charge in [-0.05, 0) is 36.8 Å². The van der Waals surface area contributed by atoms with Crippen LogP contribution in [0, 0.1) is 0 Å². The molecule has 1 N–H and O–H groups in total. The summed E-state index contributed by atoms with van der Waals surface area (Å²) in [7, 11) is 3.16. The third kappa shape index (κ3) is 4.58. The fourth-order valence-corrected chi connectivity index (χ4v) is 3.27. The van der Waals surface area contributed by atoms with E-state index in [9.17, 15) is 4.79 Å². The highest BCUT2D eigenvalue weighted by Gasteiger charge is 2.20. The highest BCUT2D eigenvalue weighted by atomic mass is 32.1. The maximum absolute atomic E-state index is 12.5. The highest BCUT2D eigenvalue weighted by molar-refractivity contribution is 7.18. The number of amides is 1. The lowest BCUT2D eigenvalue weighted by Gasteiger charge is -2.16. The summed E-state index contributed by atoms with van der Waals surface area (Å²) >= 11 is 1.28. The van der Waals surface area contributed by atoms with Crippen molar-refractivity contribution in [3.05, 3.63) is 48.5 Å². The first kappa shape index (κ1) is 19.6. The molecule has 0 spiro atoms. The largest absolute Gasteiger partial charge is 0.493 e. The van der Waals surface area contributed by atoms with Gasteiger partial charge in [0.25, 0.3) is 5.91 Å². The van der Waals surface area contributed by atoms with Gasteiger partial charge in [0.2, 0.25) is 5.13 Å². The minimum absolute atomic E-state index is 0.263. The predicted octanol–water partition coefficient (Wildman–Crippen LogP) is 4.02. The van der Waals surface area contributed by atoms with Crippen LogP contribution in [0.2, 0.25) is 0 Å². The van der Waals surface area contributed by atoms with Gasteiger partial charge in [-0.1, -0.05) is 36.5 Å². The van der Waals surface area contributed by atoms with Crippen molar-refractivity contribution < 1.29 is 19.0 Å². The highest BCUT2D eigenvalue weighted by Crippen LogP contribution is 2.34. The van der Waals surface area contributed by atoms with Crippen LogP contribution in [0.25, 0.3) is 10.6 Å². The van der Waals surface area contributed by atoms with Crippen molar-refractivity contribution in [2.45, 2.75) is 19.4 Å². The second kappa shape index (κ2) is 9.18. The average molecular weight is 399 g/mol. The average Bonchev–Trinajstić information content (AvgIpc) is 3.20. The number of hydrogen-bond acceptors (Lipinski definition) is 7. The molecule has 1 atom stereocenters. The van der Waals surface area contributed by atoms with Crippen LogP contribution < -0.4 is 19.5 Å². The number of carbonyl (C=O) groups is 1. The third-order valence-corrected chi connectivity index (χ3v) is 4.86. The lowest BCUT2D eigenvalue weighted by atomic mass is 10.2. The molecule has 1 unspecified atom stereocenters. The monoisotopic (exact) mass is 399 g/mol. The standard InChI is InChI=1S/C20H21N3O4S/c1-4-15(27-14-8-6-5-7-9-14)18(24)21-20-23-22-19(28-20)13-10-11-16(25-2)17(12-13)26-3/h5-12,15H,4H2,1-3H3,(H,21,23,24). The molecule has 0 bridgehead atoms. The van der Waals surface area contributed by atoms with Gasteiger partial charge >= 0.3 is 0 Å². The van der Waals surface area contributed by atoms with E-state index >= 15 is 0 Å². The quantitative estimate of drug-likeness (QED) is 0.616. The van der Waals surface area contributed by atoms with E-state index < -0.39 is 6.10 Å². The number of benzene rings is 2. The Hall–Kier alpha value is -3.13. The number of rotatable bonds is 8. The second-order valence-electron chi connectivity index (χ2n) is 5.80. The van der Waals surface area contributed by atoms with Gasteiger partial charge in [0.05, 0.1) is 14.2 Å². The van der Waals surface area contributed by atoms with E-state index in [1.807, 2.05) is 49.4 Å². The van der Waals surface area contributed by atoms with E-state index in [1.54, 1.807) is 20.3 Å². The molecule has 0 aliphatic carbocycles. The summed E-state index contributed by atoms with van der Waals surface area (Å²) in [5.41, 5.74) is 0.822. The number of nitrogens with one attached hydrogen (secondary N) is 1. The molecule has 0 aliphatic rings. The molecule has 0 saturated carbocycles. The van der Waals surface area contributed by atoms with Crippen LogP contribution in [0.1, 0.15) is 13.3 Å². The molecule has 2 aromatic carbocycles. The Balaban J connectivity index is 1.70. The van der Waals surface area contributed by atoms with Crippen LogP contribution in [0.3, 0.4) is 0 Å². The van der Waals surface area contributed by atoms with Crippen molar-refractivity contribution >= 4 is 22.4 Å². The Bertz CT molecular complexity index is 930. The summed E-state index contributed by atoms with van der Waals surface area (Å²) in [5.74, 6) is 1.62. The lowest BCUT2D eigenvalue weighted by Crippen LogP contribution is -2.32. The molecule has 1 amide bonds. The number of hydrogen-bond donors (Lipinski definition) is 1. The Morgan fingerprint density at radius 2 is 1.82 bits per heavy atom. The molecule has 0 aliphatic heterocycles. The van der Waals surface area contributed by atoms with Crippen molar-refractivity contribution in [1.29, 1.82) is 0 Å². The minimum atomic E-state index is -0.615. The Kier molecular flexibility index (Phi) is 6.44. The Morgan fingerprint density at radius 3 is 2.50 bits per heavy atom. The topological polar surface area (TPSA) is 82.6 Å². The van der Waals surface area contributed by atoms with Crippen molar-refractivity contribution in [2.75, 3.05) is 19.5 Å². The van der Waals surface area contributed by atoms with E-state index in [4.69, 9.17) is 14.2 Å². The smallest absolute Gasteiger partial charge is 0.267 e. The summed E-state index contributed by atoms with van der Waals surface area (Å²) in [6.45, 7) is 1.89. The molecule has 0 radical (unpaired) electrons. The van der Waals surface area contributed by atoms with Crippen molar-refractivity contribution in [1.82, 2.24) is 10.2 Å². The maximum Gasteiger partial charge on any atom is 0.267 e. The van der Waals surface area contributed by atoms with Gasteiger partial charge in [-0.3, -0.25) is 10.1 Å². The van der Waals surface area contributed by atoms with E-state index in [-0.39, 0.29) is 5.91 Å². The normalized spacial score (nSPS) is 11.5. The number of aromatic nitrogens is 2. The first-order valence-corrected chi connectivity index (χ1v) is 9.54. The molecule has 0 fully saturated rings. The molecule has 8 heteroatoms. The van der Waals surface area contributed by atoms with Crippen LogP contribution in [0.15, 0.2) is 48.5 Å². The molecule has 3 aromatic rings. The Morgan fingerprint density at radius 1 is 1.07 bits per heavy atom. The van der Waals surface area contributed by atoms with E-state index in [1.165, 1.54) is 11.3 Å².